The SMILES string of the molecule is CC1CCCN(CCOc2ccccc2C(N)=S)C1=O. The van der Waals surface area contributed by atoms with E-state index in [0.717, 1.165) is 24.9 Å². The van der Waals surface area contributed by atoms with Crippen molar-refractivity contribution >= 4 is 23.1 Å². The lowest BCUT2D eigenvalue weighted by molar-refractivity contribution is -0.138. The molecule has 0 aliphatic carbocycles. The number of hydrogen-bond acceptors (Lipinski definition) is 3. The van der Waals surface area contributed by atoms with Gasteiger partial charge in [0, 0.05) is 12.5 Å². The zero-order chi connectivity index (χ0) is 14.5. The van der Waals surface area contributed by atoms with E-state index in [0.29, 0.717) is 23.9 Å². The standard InChI is InChI=1S/C15H20N2O2S/c1-11-5-4-8-17(15(11)18)9-10-19-13-7-3-2-6-12(13)14(16)20/h2-3,6-7,11H,4-5,8-10H2,1H3,(H2,16,20). The minimum absolute atomic E-state index is 0.132. The molecule has 1 atom stereocenters. The van der Waals surface area contributed by atoms with Crippen LogP contribution in [0, 0.1) is 5.92 Å². The minimum atomic E-state index is 0.132. The molecule has 1 aromatic carbocycles. The number of carbonyl (C=O) groups is 1. The van der Waals surface area contributed by atoms with E-state index in [-0.39, 0.29) is 11.8 Å². The molecule has 1 aliphatic heterocycles. The summed E-state index contributed by atoms with van der Waals surface area (Å²) in [6.07, 6.45) is 2.05. The number of para-hydroxylation sites is 1. The van der Waals surface area contributed by atoms with Crippen LogP contribution in [0.3, 0.4) is 0 Å². The first-order chi connectivity index (χ1) is 9.59. The Morgan fingerprint density at radius 2 is 2.25 bits per heavy atom. The zero-order valence-corrected chi connectivity index (χ0v) is 12.5. The number of amides is 1. The summed E-state index contributed by atoms with van der Waals surface area (Å²) in [6.45, 7) is 3.87. The van der Waals surface area contributed by atoms with E-state index < -0.39 is 0 Å². The number of likely N-dealkylation sites (tertiary alicyclic amines) is 1. The Kier molecular flexibility index (Phi) is 4.95. The van der Waals surface area contributed by atoms with E-state index in [1.54, 1.807) is 0 Å². The summed E-state index contributed by atoms with van der Waals surface area (Å²) in [5, 5.41) is 0. The van der Waals surface area contributed by atoms with Crippen molar-refractivity contribution in [3.8, 4) is 5.75 Å². The lowest BCUT2D eigenvalue weighted by Crippen LogP contribution is -2.42. The molecule has 1 fully saturated rings. The molecule has 0 aromatic heterocycles. The van der Waals surface area contributed by atoms with E-state index in [4.69, 9.17) is 22.7 Å². The largest absolute Gasteiger partial charge is 0.491 e. The molecule has 2 N–H and O–H groups in total. The quantitative estimate of drug-likeness (QED) is 0.843. The molecule has 1 amide bonds. The molecule has 20 heavy (non-hydrogen) atoms. The number of piperidine rings is 1. The van der Waals surface area contributed by atoms with Crippen LogP contribution >= 0.6 is 12.2 Å². The van der Waals surface area contributed by atoms with Crippen LogP contribution in [0.2, 0.25) is 0 Å². The maximum Gasteiger partial charge on any atom is 0.225 e. The highest BCUT2D eigenvalue weighted by atomic mass is 32.1. The van der Waals surface area contributed by atoms with Crippen molar-refractivity contribution in [3.63, 3.8) is 0 Å². The first-order valence-corrected chi connectivity index (χ1v) is 7.31. The van der Waals surface area contributed by atoms with Gasteiger partial charge in [0.25, 0.3) is 0 Å². The van der Waals surface area contributed by atoms with Gasteiger partial charge in [-0.1, -0.05) is 31.3 Å². The van der Waals surface area contributed by atoms with Crippen LogP contribution in [0.5, 0.6) is 5.75 Å². The number of carbonyl (C=O) groups excluding carboxylic acids is 1. The minimum Gasteiger partial charge on any atom is -0.491 e. The average molecular weight is 292 g/mol. The number of rotatable bonds is 5. The molecule has 1 aromatic rings. The molecule has 108 valence electrons. The van der Waals surface area contributed by atoms with Crippen LogP contribution in [0.1, 0.15) is 25.3 Å². The van der Waals surface area contributed by atoms with Crippen LogP contribution in [0.15, 0.2) is 24.3 Å². The van der Waals surface area contributed by atoms with Gasteiger partial charge in [-0.05, 0) is 25.0 Å². The monoisotopic (exact) mass is 292 g/mol. The first kappa shape index (κ1) is 14.8. The third-order valence-electron chi connectivity index (χ3n) is 3.57. The summed E-state index contributed by atoms with van der Waals surface area (Å²) in [5.74, 6) is 1.03. The fraction of sp³-hybridized carbons (Fsp3) is 0.467. The highest BCUT2D eigenvalue weighted by Gasteiger charge is 2.24. The lowest BCUT2D eigenvalue weighted by Gasteiger charge is -2.30. The van der Waals surface area contributed by atoms with E-state index in [9.17, 15) is 4.79 Å². The van der Waals surface area contributed by atoms with Gasteiger partial charge in [0.2, 0.25) is 5.91 Å². The molecule has 1 saturated heterocycles. The van der Waals surface area contributed by atoms with Gasteiger partial charge in [0.05, 0.1) is 12.1 Å². The number of nitrogens with two attached hydrogens (primary N) is 1. The summed E-state index contributed by atoms with van der Waals surface area (Å²) >= 11 is 4.99. The van der Waals surface area contributed by atoms with Crippen molar-refractivity contribution < 1.29 is 9.53 Å². The molecule has 0 bridgehead atoms. The summed E-state index contributed by atoms with van der Waals surface area (Å²) in [7, 11) is 0. The summed E-state index contributed by atoms with van der Waals surface area (Å²) in [6, 6.07) is 7.43. The molecule has 1 unspecified atom stereocenters. The van der Waals surface area contributed by atoms with Gasteiger partial charge in [-0.2, -0.15) is 0 Å². The fourth-order valence-electron chi connectivity index (χ4n) is 2.42. The van der Waals surface area contributed by atoms with Gasteiger partial charge < -0.3 is 15.4 Å². The molecule has 2 rings (SSSR count). The Hall–Kier alpha value is -1.62. The van der Waals surface area contributed by atoms with Crippen molar-refractivity contribution in [2.24, 2.45) is 11.7 Å². The average Bonchev–Trinajstić information content (AvgIpc) is 2.44. The smallest absolute Gasteiger partial charge is 0.225 e. The number of nitrogens with zero attached hydrogens (tertiary/aromatic N) is 1. The van der Waals surface area contributed by atoms with Crippen molar-refractivity contribution in [1.29, 1.82) is 0 Å². The molecule has 0 spiro atoms. The predicted molar refractivity (Wildman–Crippen MR) is 82.8 cm³/mol. The summed E-state index contributed by atoms with van der Waals surface area (Å²) in [5.41, 5.74) is 6.39. The second-order valence-electron chi connectivity index (χ2n) is 5.08. The Morgan fingerprint density at radius 3 is 3.00 bits per heavy atom. The van der Waals surface area contributed by atoms with Gasteiger partial charge >= 0.3 is 0 Å². The summed E-state index contributed by atoms with van der Waals surface area (Å²) in [4.78, 5) is 14.2. The van der Waals surface area contributed by atoms with E-state index >= 15 is 0 Å². The van der Waals surface area contributed by atoms with Crippen LogP contribution < -0.4 is 10.5 Å². The normalized spacial score (nSPS) is 18.9. The third-order valence-corrected chi connectivity index (χ3v) is 3.79. The highest BCUT2D eigenvalue weighted by molar-refractivity contribution is 7.80. The molecule has 4 nitrogen and oxygen atoms in total. The Balaban J connectivity index is 1.90. The van der Waals surface area contributed by atoms with Gasteiger partial charge in [0.1, 0.15) is 17.3 Å². The van der Waals surface area contributed by atoms with Crippen LogP contribution in [0.4, 0.5) is 0 Å². The zero-order valence-electron chi connectivity index (χ0n) is 11.7. The van der Waals surface area contributed by atoms with Gasteiger partial charge in [-0.15, -0.1) is 0 Å². The maximum absolute atomic E-state index is 12.0. The Bertz CT molecular complexity index is 504. The fourth-order valence-corrected chi connectivity index (χ4v) is 2.59. The van der Waals surface area contributed by atoms with Crippen molar-refractivity contribution in [2.75, 3.05) is 19.7 Å². The number of ether oxygens (including phenoxy) is 1. The van der Waals surface area contributed by atoms with Crippen molar-refractivity contribution in [2.45, 2.75) is 19.8 Å². The van der Waals surface area contributed by atoms with Gasteiger partial charge in [-0.25, -0.2) is 0 Å². The van der Waals surface area contributed by atoms with Gasteiger partial charge in [-0.3, -0.25) is 4.79 Å². The number of hydrogen-bond donors (Lipinski definition) is 1. The van der Waals surface area contributed by atoms with Crippen molar-refractivity contribution in [1.82, 2.24) is 4.90 Å². The molecular weight excluding hydrogens is 272 g/mol. The summed E-state index contributed by atoms with van der Waals surface area (Å²) < 4.78 is 5.72. The second-order valence-corrected chi connectivity index (χ2v) is 5.52. The molecule has 1 aliphatic rings. The molecule has 5 heteroatoms. The van der Waals surface area contributed by atoms with Crippen LogP contribution in [0.25, 0.3) is 0 Å². The van der Waals surface area contributed by atoms with Crippen LogP contribution in [-0.2, 0) is 4.79 Å². The molecule has 0 radical (unpaired) electrons. The topological polar surface area (TPSA) is 55.6 Å². The molecule has 0 saturated carbocycles. The first-order valence-electron chi connectivity index (χ1n) is 6.90. The number of thiocarbonyl (C=S) groups is 1. The second kappa shape index (κ2) is 6.70. The third kappa shape index (κ3) is 3.48. The van der Waals surface area contributed by atoms with Gasteiger partial charge in [0.15, 0.2) is 0 Å². The maximum atomic E-state index is 12.0. The Morgan fingerprint density at radius 1 is 1.50 bits per heavy atom. The van der Waals surface area contributed by atoms with E-state index in [1.807, 2.05) is 36.1 Å². The van der Waals surface area contributed by atoms with E-state index in [1.165, 1.54) is 0 Å². The predicted octanol–water partition coefficient (Wildman–Crippen LogP) is 1.96. The van der Waals surface area contributed by atoms with Crippen molar-refractivity contribution in [3.05, 3.63) is 29.8 Å². The number of benzene rings is 1. The van der Waals surface area contributed by atoms with Crippen LogP contribution in [-0.4, -0.2) is 35.5 Å². The molecule has 1 heterocycles. The Labute approximate surface area is 124 Å². The van der Waals surface area contributed by atoms with E-state index in [2.05, 4.69) is 0 Å². The molecular formula is C15H20N2O2S. The lowest BCUT2D eigenvalue weighted by atomic mass is 9.99. The highest BCUT2D eigenvalue weighted by Crippen LogP contribution is 2.19.